The predicted octanol–water partition coefficient (Wildman–Crippen LogP) is 2.29. The Labute approximate surface area is 100 Å². The van der Waals surface area contributed by atoms with Crippen molar-refractivity contribution in [1.29, 1.82) is 0 Å². The molecule has 1 aromatic carbocycles. The monoisotopic (exact) mass is 240 g/mol. The van der Waals surface area contributed by atoms with Gasteiger partial charge in [-0.15, -0.1) is 0 Å². The van der Waals surface area contributed by atoms with Gasteiger partial charge in [-0.25, -0.2) is 4.39 Å². The summed E-state index contributed by atoms with van der Waals surface area (Å²) in [4.78, 5) is 0. The Morgan fingerprint density at radius 1 is 1.59 bits per heavy atom. The van der Waals surface area contributed by atoms with Crippen LogP contribution in [0.25, 0.3) is 0 Å². The molecular weight excluding hydrogens is 223 g/mol. The fourth-order valence-electron chi connectivity index (χ4n) is 2.16. The van der Waals surface area contributed by atoms with E-state index in [-0.39, 0.29) is 17.8 Å². The van der Waals surface area contributed by atoms with Crippen molar-refractivity contribution in [2.75, 3.05) is 13.7 Å². The number of halogens is 1. The molecule has 94 valence electrons. The zero-order chi connectivity index (χ0) is 12.4. The van der Waals surface area contributed by atoms with Gasteiger partial charge in [0.05, 0.1) is 12.7 Å². The molecule has 1 aliphatic rings. The molecule has 0 amide bonds. The summed E-state index contributed by atoms with van der Waals surface area (Å²) in [5.74, 6) is 0.249. The molecule has 0 spiro atoms. The lowest BCUT2D eigenvalue weighted by atomic mass is 9.93. The van der Waals surface area contributed by atoms with Crippen LogP contribution in [0, 0.1) is 11.7 Å². The molecule has 0 saturated heterocycles. The van der Waals surface area contributed by atoms with Crippen LogP contribution >= 0.6 is 0 Å². The number of aliphatic hydroxyl groups excluding tert-OH is 1. The Hall–Kier alpha value is -1.13. The summed E-state index contributed by atoms with van der Waals surface area (Å²) in [6, 6.07) is 4.24. The van der Waals surface area contributed by atoms with Crippen molar-refractivity contribution in [2.24, 2.45) is 5.92 Å². The van der Waals surface area contributed by atoms with Crippen molar-refractivity contribution < 1.29 is 19.0 Å². The van der Waals surface area contributed by atoms with Crippen molar-refractivity contribution in [3.63, 3.8) is 0 Å². The highest BCUT2D eigenvalue weighted by Gasteiger charge is 2.30. The third-order valence-corrected chi connectivity index (χ3v) is 3.13. The van der Waals surface area contributed by atoms with E-state index in [1.165, 1.54) is 12.1 Å². The van der Waals surface area contributed by atoms with Gasteiger partial charge in [0, 0.05) is 31.1 Å². The third-order valence-electron chi connectivity index (χ3n) is 3.13. The summed E-state index contributed by atoms with van der Waals surface area (Å²) in [7, 11) is 1.63. The standard InChI is InChI=1S/C13H17FO3/c1-8(7-16-2)12-6-11(15)10-4-3-9(14)5-13(10)17-12/h3-5,8,11-12,15H,6-7H2,1-2H3/t8?,11-,12?/m0/s1. The number of ether oxygens (including phenoxy) is 2. The molecule has 0 aliphatic carbocycles. The van der Waals surface area contributed by atoms with E-state index in [0.717, 1.165) is 0 Å². The SMILES string of the molecule is COCC(C)C1C[C@H](O)c2ccc(F)cc2O1. The van der Waals surface area contributed by atoms with E-state index < -0.39 is 6.10 Å². The second-order valence-electron chi connectivity index (χ2n) is 4.52. The van der Waals surface area contributed by atoms with Crippen molar-refractivity contribution in [1.82, 2.24) is 0 Å². The van der Waals surface area contributed by atoms with Crippen LogP contribution in [0.4, 0.5) is 4.39 Å². The number of methoxy groups -OCH3 is 1. The van der Waals surface area contributed by atoms with Crippen LogP contribution in [-0.2, 0) is 4.74 Å². The second kappa shape index (κ2) is 5.02. The van der Waals surface area contributed by atoms with E-state index >= 15 is 0 Å². The minimum atomic E-state index is -0.594. The number of aliphatic hydroxyl groups is 1. The number of rotatable bonds is 3. The Kier molecular flexibility index (Phi) is 3.64. The molecule has 3 nitrogen and oxygen atoms in total. The number of hydrogen-bond donors (Lipinski definition) is 1. The van der Waals surface area contributed by atoms with E-state index in [1.54, 1.807) is 13.2 Å². The number of benzene rings is 1. The van der Waals surface area contributed by atoms with Crippen LogP contribution < -0.4 is 4.74 Å². The van der Waals surface area contributed by atoms with Crippen molar-refractivity contribution in [2.45, 2.75) is 25.6 Å². The van der Waals surface area contributed by atoms with E-state index in [4.69, 9.17) is 9.47 Å². The van der Waals surface area contributed by atoms with Crippen LogP contribution in [0.2, 0.25) is 0 Å². The summed E-state index contributed by atoms with van der Waals surface area (Å²) >= 11 is 0. The summed E-state index contributed by atoms with van der Waals surface area (Å²) in [5, 5.41) is 10.00. The minimum Gasteiger partial charge on any atom is -0.489 e. The van der Waals surface area contributed by atoms with Crippen LogP contribution in [0.5, 0.6) is 5.75 Å². The van der Waals surface area contributed by atoms with E-state index in [2.05, 4.69) is 0 Å². The summed E-state index contributed by atoms with van der Waals surface area (Å²) in [6.07, 6.45) is -0.216. The summed E-state index contributed by atoms with van der Waals surface area (Å²) in [5.41, 5.74) is 0.660. The van der Waals surface area contributed by atoms with Crippen LogP contribution in [0.1, 0.15) is 25.0 Å². The molecule has 2 rings (SSSR count). The maximum absolute atomic E-state index is 13.1. The Morgan fingerprint density at radius 3 is 3.06 bits per heavy atom. The molecule has 0 saturated carbocycles. The molecule has 4 heteroatoms. The highest BCUT2D eigenvalue weighted by atomic mass is 19.1. The summed E-state index contributed by atoms with van der Waals surface area (Å²) in [6.45, 7) is 2.55. The molecule has 0 bridgehead atoms. The molecule has 1 N–H and O–H groups in total. The van der Waals surface area contributed by atoms with Gasteiger partial charge in [-0.05, 0) is 12.1 Å². The largest absolute Gasteiger partial charge is 0.489 e. The zero-order valence-corrected chi connectivity index (χ0v) is 10.0. The smallest absolute Gasteiger partial charge is 0.128 e. The second-order valence-corrected chi connectivity index (χ2v) is 4.52. The first-order valence-corrected chi connectivity index (χ1v) is 5.75. The maximum atomic E-state index is 13.1. The van der Waals surface area contributed by atoms with Gasteiger partial charge in [0.25, 0.3) is 0 Å². The number of hydrogen-bond acceptors (Lipinski definition) is 3. The van der Waals surface area contributed by atoms with Crippen molar-refractivity contribution in [3.05, 3.63) is 29.6 Å². The highest BCUT2D eigenvalue weighted by Crippen LogP contribution is 2.37. The molecule has 1 heterocycles. The van der Waals surface area contributed by atoms with Gasteiger partial charge < -0.3 is 14.6 Å². The zero-order valence-electron chi connectivity index (χ0n) is 10.0. The highest BCUT2D eigenvalue weighted by molar-refractivity contribution is 5.37. The van der Waals surface area contributed by atoms with E-state index in [0.29, 0.717) is 24.3 Å². The van der Waals surface area contributed by atoms with Crippen molar-refractivity contribution >= 4 is 0 Å². The molecule has 17 heavy (non-hydrogen) atoms. The quantitative estimate of drug-likeness (QED) is 0.881. The molecule has 0 aromatic heterocycles. The molecule has 0 fully saturated rings. The normalized spacial score (nSPS) is 24.9. The van der Waals surface area contributed by atoms with E-state index in [1.807, 2.05) is 6.92 Å². The molecule has 1 aromatic rings. The maximum Gasteiger partial charge on any atom is 0.128 e. The molecular formula is C13H17FO3. The van der Waals surface area contributed by atoms with Gasteiger partial charge in [-0.2, -0.15) is 0 Å². The topological polar surface area (TPSA) is 38.7 Å². The summed E-state index contributed by atoms with van der Waals surface area (Å²) < 4.78 is 23.9. The molecule has 0 radical (unpaired) electrons. The van der Waals surface area contributed by atoms with Gasteiger partial charge in [0.2, 0.25) is 0 Å². The fraction of sp³-hybridized carbons (Fsp3) is 0.538. The van der Waals surface area contributed by atoms with Gasteiger partial charge in [-0.3, -0.25) is 0 Å². The van der Waals surface area contributed by atoms with E-state index in [9.17, 15) is 9.50 Å². The van der Waals surface area contributed by atoms with Gasteiger partial charge in [0.15, 0.2) is 0 Å². The van der Waals surface area contributed by atoms with Crippen LogP contribution in [0.15, 0.2) is 18.2 Å². The van der Waals surface area contributed by atoms with Crippen LogP contribution in [-0.4, -0.2) is 24.9 Å². The third kappa shape index (κ3) is 2.58. The van der Waals surface area contributed by atoms with Crippen LogP contribution in [0.3, 0.4) is 0 Å². The lowest BCUT2D eigenvalue weighted by Crippen LogP contribution is -2.33. The Morgan fingerprint density at radius 2 is 2.35 bits per heavy atom. The first-order valence-electron chi connectivity index (χ1n) is 5.75. The molecule has 3 atom stereocenters. The Bertz CT molecular complexity index is 394. The fourth-order valence-corrected chi connectivity index (χ4v) is 2.16. The average Bonchev–Trinajstić information content (AvgIpc) is 2.28. The van der Waals surface area contributed by atoms with Gasteiger partial charge in [0.1, 0.15) is 17.7 Å². The van der Waals surface area contributed by atoms with Gasteiger partial charge in [-0.1, -0.05) is 6.92 Å². The van der Waals surface area contributed by atoms with Crippen molar-refractivity contribution in [3.8, 4) is 5.75 Å². The molecule has 2 unspecified atom stereocenters. The first-order chi connectivity index (χ1) is 8.11. The lowest BCUT2D eigenvalue weighted by Gasteiger charge is -2.32. The first kappa shape index (κ1) is 12.3. The molecule has 1 aliphatic heterocycles. The Balaban J connectivity index is 2.19. The lowest BCUT2D eigenvalue weighted by molar-refractivity contribution is 0.0134. The van der Waals surface area contributed by atoms with Gasteiger partial charge >= 0.3 is 0 Å². The minimum absolute atomic E-state index is 0.140. The number of fused-ring (bicyclic) bond motifs is 1. The predicted molar refractivity (Wildman–Crippen MR) is 61.4 cm³/mol. The average molecular weight is 240 g/mol.